The van der Waals surface area contributed by atoms with E-state index in [1.54, 1.807) is 20.0 Å². The SMILES string of the molecule is CCOC(=O)C(C)(C(=O)OCC)c1nccnc1C1CCCC1. The van der Waals surface area contributed by atoms with E-state index < -0.39 is 17.4 Å². The third-order valence-electron chi connectivity index (χ3n) is 4.31. The van der Waals surface area contributed by atoms with Crippen molar-refractivity contribution in [1.82, 2.24) is 9.97 Å². The Bertz CT molecular complexity index is 549. The van der Waals surface area contributed by atoms with Gasteiger partial charge in [-0.15, -0.1) is 0 Å². The normalized spacial score (nSPS) is 15.4. The zero-order valence-corrected chi connectivity index (χ0v) is 14.0. The van der Waals surface area contributed by atoms with Gasteiger partial charge in [0.1, 0.15) is 0 Å². The molecule has 2 rings (SSSR count). The molecule has 6 heteroatoms. The summed E-state index contributed by atoms with van der Waals surface area (Å²) in [5.74, 6) is -1.06. The maximum Gasteiger partial charge on any atom is 0.329 e. The minimum absolute atomic E-state index is 0.187. The molecule has 126 valence electrons. The highest BCUT2D eigenvalue weighted by molar-refractivity contribution is 6.05. The van der Waals surface area contributed by atoms with E-state index in [0.29, 0.717) is 11.4 Å². The Balaban J connectivity index is 2.51. The fourth-order valence-corrected chi connectivity index (χ4v) is 3.06. The summed E-state index contributed by atoms with van der Waals surface area (Å²) in [6.07, 6.45) is 7.34. The standard InChI is InChI=1S/C17H24N2O4/c1-4-22-15(20)17(3,16(21)23-5-2)14-13(18-10-11-19-14)12-8-6-7-9-12/h10-12H,4-9H2,1-3H3. The van der Waals surface area contributed by atoms with E-state index in [1.807, 2.05) is 0 Å². The van der Waals surface area contributed by atoms with E-state index in [4.69, 9.17) is 9.47 Å². The largest absolute Gasteiger partial charge is 0.465 e. The highest BCUT2D eigenvalue weighted by atomic mass is 16.6. The molecule has 0 N–H and O–H groups in total. The van der Waals surface area contributed by atoms with Crippen molar-refractivity contribution >= 4 is 11.9 Å². The number of esters is 2. The Hall–Kier alpha value is -1.98. The third-order valence-corrected chi connectivity index (χ3v) is 4.31. The van der Waals surface area contributed by atoms with Crippen LogP contribution in [0.2, 0.25) is 0 Å². The van der Waals surface area contributed by atoms with Crippen LogP contribution < -0.4 is 0 Å². The second-order valence-electron chi connectivity index (χ2n) is 5.84. The molecule has 1 aromatic rings. The van der Waals surface area contributed by atoms with Gasteiger partial charge >= 0.3 is 11.9 Å². The van der Waals surface area contributed by atoms with Crippen LogP contribution in [0.5, 0.6) is 0 Å². The van der Waals surface area contributed by atoms with Gasteiger partial charge in [-0.3, -0.25) is 19.6 Å². The predicted octanol–water partition coefficient (Wildman–Crippen LogP) is 2.52. The highest BCUT2D eigenvalue weighted by Crippen LogP contribution is 2.38. The molecule has 0 spiro atoms. The van der Waals surface area contributed by atoms with Crippen molar-refractivity contribution in [2.75, 3.05) is 13.2 Å². The van der Waals surface area contributed by atoms with Gasteiger partial charge in [-0.1, -0.05) is 12.8 Å². The summed E-state index contributed by atoms with van der Waals surface area (Å²) in [5, 5.41) is 0. The Morgan fingerprint density at radius 1 is 1.09 bits per heavy atom. The van der Waals surface area contributed by atoms with Crippen LogP contribution in [0.3, 0.4) is 0 Å². The van der Waals surface area contributed by atoms with Gasteiger partial charge in [0.15, 0.2) is 0 Å². The van der Waals surface area contributed by atoms with Crippen molar-refractivity contribution in [3.63, 3.8) is 0 Å². The molecule has 0 atom stereocenters. The molecule has 1 heterocycles. The van der Waals surface area contributed by atoms with E-state index in [1.165, 1.54) is 13.1 Å². The van der Waals surface area contributed by atoms with Crippen molar-refractivity contribution in [2.45, 2.75) is 57.8 Å². The molecule has 23 heavy (non-hydrogen) atoms. The molecular weight excluding hydrogens is 296 g/mol. The summed E-state index contributed by atoms with van der Waals surface area (Å²) >= 11 is 0. The molecule has 1 fully saturated rings. The topological polar surface area (TPSA) is 78.4 Å². The van der Waals surface area contributed by atoms with Gasteiger partial charge in [0.2, 0.25) is 5.41 Å². The van der Waals surface area contributed by atoms with E-state index in [-0.39, 0.29) is 19.1 Å². The molecule has 0 bridgehead atoms. The molecular formula is C17H24N2O4. The first-order valence-corrected chi connectivity index (χ1v) is 8.21. The molecule has 1 saturated carbocycles. The molecule has 0 radical (unpaired) electrons. The maximum absolute atomic E-state index is 12.6. The molecule has 0 aliphatic heterocycles. The van der Waals surface area contributed by atoms with Crippen molar-refractivity contribution in [3.05, 3.63) is 23.8 Å². The number of nitrogens with zero attached hydrogens (tertiary/aromatic N) is 2. The molecule has 1 aliphatic rings. The Kier molecular flexibility index (Phi) is 5.69. The number of carbonyl (C=O) groups is 2. The number of hydrogen-bond donors (Lipinski definition) is 0. The van der Waals surface area contributed by atoms with Crippen molar-refractivity contribution in [2.24, 2.45) is 0 Å². The molecule has 1 aromatic heterocycles. The molecule has 1 aliphatic carbocycles. The van der Waals surface area contributed by atoms with E-state index in [2.05, 4.69) is 9.97 Å². The smallest absolute Gasteiger partial charge is 0.329 e. The lowest BCUT2D eigenvalue weighted by Crippen LogP contribution is -2.45. The first-order chi connectivity index (χ1) is 11.1. The van der Waals surface area contributed by atoms with Crippen LogP contribution in [0.4, 0.5) is 0 Å². The minimum Gasteiger partial charge on any atom is -0.465 e. The molecule has 6 nitrogen and oxygen atoms in total. The average Bonchev–Trinajstić information content (AvgIpc) is 3.09. The van der Waals surface area contributed by atoms with Gasteiger partial charge in [-0.05, 0) is 33.6 Å². The van der Waals surface area contributed by atoms with Gasteiger partial charge in [0.05, 0.1) is 24.6 Å². The first kappa shape index (κ1) is 17.4. The zero-order valence-electron chi connectivity index (χ0n) is 14.0. The Morgan fingerprint density at radius 2 is 1.61 bits per heavy atom. The average molecular weight is 320 g/mol. The fourth-order valence-electron chi connectivity index (χ4n) is 3.06. The van der Waals surface area contributed by atoms with Crippen molar-refractivity contribution in [1.29, 1.82) is 0 Å². The van der Waals surface area contributed by atoms with Crippen LogP contribution in [0.15, 0.2) is 12.4 Å². The van der Waals surface area contributed by atoms with Crippen molar-refractivity contribution in [3.8, 4) is 0 Å². The number of rotatable bonds is 6. The third kappa shape index (κ3) is 3.35. The van der Waals surface area contributed by atoms with Gasteiger partial charge in [0.25, 0.3) is 0 Å². The molecule has 0 amide bonds. The van der Waals surface area contributed by atoms with Gasteiger partial charge in [-0.2, -0.15) is 0 Å². The van der Waals surface area contributed by atoms with Crippen LogP contribution in [0.25, 0.3) is 0 Å². The van der Waals surface area contributed by atoms with Crippen LogP contribution in [-0.4, -0.2) is 35.1 Å². The number of aromatic nitrogens is 2. The number of carbonyl (C=O) groups excluding carboxylic acids is 2. The minimum atomic E-state index is -1.59. The second-order valence-corrected chi connectivity index (χ2v) is 5.84. The lowest BCUT2D eigenvalue weighted by molar-refractivity contribution is -0.164. The van der Waals surface area contributed by atoms with Gasteiger partial charge < -0.3 is 9.47 Å². The van der Waals surface area contributed by atoms with Crippen molar-refractivity contribution < 1.29 is 19.1 Å². The summed E-state index contributed by atoms with van der Waals surface area (Å²) in [5.41, 5.74) is -0.504. The van der Waals surface area contributed by atoms with E-state index >= 15 is 0 Å². The molecule has 0 unspecified atom stereocenters. The first-order valence-electron chi connectivity index (χ1n) is 8.21. The molecule has 0 saturated heterocycles. The summed E-state index contributed by atoms with van der Waals surface area (Å²) in [6.45, 7) is 5.31. The Labute approximate surface area is 136 Å². The number of hydrogen-bond acceptors (Lipinski definition) is 6. The predicted molar refractivity (Wildman–Crippen MR) is 83.9 cm³/mol. The van der Waals surface area contributed by atoms with Gasteiger partial charge in [0, 0.05) is 18.3 Å². The second kappa shape index (κ2) is 7.53. The Morgan fingerprint density at radius 3 is 2.13 bits per heavy atom. The summed E-state index contributed by atoms with van der Waals surface area (Å²) < 4.78 is 10.3. The van der Waals surface area contributed by atoms with E-state index in [9.17, 15) is 9.59 Å². The fraction of sp³-hybridized carbons (Fsp3) is 0.647. The van der Waals surface area contributed by atoms with Crippen LogP contribution in [0, 0.1) is 0 Å². The van der Waals surface area contributed by atoms with Crippen LogP contribution in [0.1, 0.15) is 63.8 Å². The summed E-state index contributed by atoms with van der Waals surface area (Å²) in [6, 6.07) is 0. The summed E-state index contributed by atoms with van der Waals surface area (Å²) in [4.78, 5) is 33.9. The van der Waals surface area contributed by atoms with Crippen LogP contribution >= 0.6 is 0 Å². The number of ether oxygens (including phenoxy) is 2. The monoisotopic (exact) mass is 320 g/mol. The quantitative estimate of drug-likeness (QED) is 0.592. The summed E-state index contributed by atoms with van der Waals surface area (Å²) in [7, 11) is 0. The van der Waals surface area contributed by atoms with Gasteiger partial charge in [-0.25, -0.2) is 0 Å². The highest BCUT2D eigenvalue weighted by Gasteiger charge is 2.50. The van der Waals surface area contributed by atoms with E-state index in [0.717, 1.165) is 25.7 Å². The zero-order chi connectivity index (χ0) is 16.9. The molecule has 0 aromatic carbocycles. The maximum atomic E-state index is 12.6. The van der Waals surface area contributed by atoms with Crippen LogP contribution in [-0.2, 0) is 24.5 Å². The lowest BCUT2D eigenvalue weighted by Gasteiger charge is -2.27. The lowest BCUT2D eigenvalue weighted by atomic mass is 9.82.